The zero-order valence-corrected chi connectivity index (χ0v) is 9.20. The molecule has 0 rings (SSSR count). The summed E-state index contributed by atoms with van der Waals surface area (Å²) < 4.78 is 7.88. The van der Waals surface area contributed by atoms with Crippen LogP contribution in [0, 0.1) is 81.7 Å². The Morgan fingerprint density at radius 1 is 0.857 bits per heavy atom. The first-order valence-corrected chi connectivity index (χ1v) is 0.532. The molecule has 0 aromatic rings. The summed E-state index contributed by atoms with van der Waals surface area (Å²) in [7, 11) is 0. The molecular weight excluding hydrogens is 420 g/mol. The minimum absolute atomic E-state index is 0. The standard InChI is InChI=1S/Ce.Gd.Ni.4O/q2*+3;;;3*-2. The Balaban J connectivity index is -0.000000000500. The van der Waals surface area contributed by atoms with Gasteiger partial charge in [0.05, 0.1) is 0 Å². The van der Waals surface area contributed by atoms with E-state index in [1.807, 2.05) is 0 Å². The van der Waals surface area contributed by atoms with Crippen LogP contribution < -0.4 is 0 Å². The van der Waals surface area contributed by atoms with E-state index in [1.54, 1.807) is 0 Å². The molecule has 0 amide bonds. The Labute approximate surface area is 115 Å². The third-order valence-electron chi connectivity index (χ3n) is 0. The molecule has 7 heteroatoms. The molecule has 46 valence electrons. The van der Waals surface area contributed by atoms with Crippen LogP contribution in [0.3, 0.4) is 0 Å². The summed E-state index contributed by atoms with van der Waals surface area (Å²) in [4.78, 5) is 0. The Morgan fingerprint density at radius 2 is 0.857 bits per heavy atom. The van der Waals surface area contributed by atoms with E-state index in [4.69, 9.17) is 3.90 Å². The van der Waals surface area contributed by atoms with Gasteiger partial charge in [0, 0.05) is 0 Å². The van der Waals surface area contributed by atoms with E-state index in [9.17, 15) is 0 Å². The fourth-order valence-corrected chi connectivity index (χ4v) is 0. The van der Waals surface area contributed by atoms with Crippen LogP contribution in [0.25, 0.3) is 0 Å². The summed E-state index contributed by atoms with van der Waals surface area (Å²) in [6.45, 7) is 0. The van der Waals surface area contributed by atoms with Crippen LogP contribution in [0.1, 0.15) is 0 Å². The molecule has 0 atom stereocenters. The van der Waals surface area contributed by atoms with E-state index < -0.39 is 0 Å². The zero-order valence-electron chi connectivity index (χ0n) is 2.80. The molecule has 0 N–H and O–H groups in total. The molecule has 0 saturated carbocycles. The number of hydrogen-bond donors (Lipinski definition) is 0. The molecule has 0 heterocycles. The maximum absolute atomic E-state index is 7.88. The van der Waals surface area contributed by atoms with Crippen LogP contribution in [0.2, 0.25) is 0 Å². The van der Waals surface area contributed by atoms with Crippen molar-refractivity contribution in [2.24, 2.45) is 0 Å². The van der Waals surface area contributed by atoms with Gasteiger partial charge < -0.3 is 16.4 Å². The van der Waals surface area contributed by atoms with Gasteiger partial charge in [0.25, 0.3) is 0 Å². The van der Waals surface area contributed by atoms with Gasteiger partial charge >= 0.3 is 101 Å². The first kappa shape index (κ1) is 51.8. The van der Waals surface area contributed by atoms with Gasteiger partial charge in [-0.25, -0.2) is 0 Å². The second kappa shape index (κ2) is 66.6. The molecular formula is CeGdNiO4. The van der Waals surface area contributed by atoms with Crippen LogP contribution >= 0.6 is 0 Å². The molecule has 0 fully saturated rings. The maximum atomic E-state index is 7.88. The fraction of sp³-hybridized carbons (Fsp3) is 0. The molecule has 0 spiro atoms. The monoisotopic (exact) mass is 420 g/mol. The van der Waals surface area contributed by atoms with Crippen molar-refractivity contribution in [2.75, 3.05) is 0 Å². The Hall–Kier alpha value is 2.87. The summed E-state index contributed by atoms with van der Waals surface area (Å²) in [5.41, 5.74) is 0. The first-order valence-electron chi connectivity index (χ1n) is 0.129. The average molecular weight is 420 g/mol. The Bertz CT molecular complexity index is 11.7. The van der Waals surface area contributed by atoms with E-state index in [1.165, 1.54) is 0 Å². The van der Waals surface area contributed by atoms with E-state index in [2.05, 4.69) is 15.4 Å². The predicted molar refractivity (Wildman–Crippen MR) is 2.75 cm³/mol. The minimum atomic E-state index is 0. The Kier molecular flexibility index (Phi) is 493. The second-order valence-corrected chi connectivity index (χ2v) is 0. The van der Waals surface area contributed by atoms with Crippen molar-refractivity contribution in [2.45, 2.75) is 0 Å². The molecule has 0 aliphatic heterocycles. The quantitative estimate of drug-likeness (QED) is 0.486. The molecule has 7 heavy (non-hydrogen) atoms. The second-order valence-electron chi connectivity index (χ2n) is 0. The van der Waals surface area contributed by atoms with Crippen LogP contribution in [-0.4, -0.2) is 0 Å². The molecule has 0 aromatic carbocycles. The van der Waals surface area contributed by atoms with Crippen molar-refractivity contribution in [3.05, 3.63) is 0 Å². The summed E-state index contributed by atoms with van der Waals surface area (Å²) >= 11 is 2.62. The van der Waals surface area contributed by atoms with Crippen molar-refractivity contribution in [3.63, 3.8) is 0 Å². The van der Waals surface area contributed by atoms with Gasteiger partial charge in [-0.1, -0.05) is 0 Å². The van der Waals surface area contributed by atoms with Crippen molar-refractivity contribution in [1.82, 2.24) is 0 Å². The van der Waals surface area contributed by atoms with Crippen LogP contribution in [0.15, 0.2) is 0 Å². The Morgan fingerprint density at radius 3 is 0.857 bits per heavy atom. The molecule has 4 nitrogen and oxygen atoms in total. The molecule has 0 aromatic heterocycles. The normalized spacial score (nSPS) is 0.857. The van der Waals surface area contributed by atoms with Crippen LogP contribution in [-0.2, 0) is 35.7 Å². The van der Waals surface area contributed by atoms with Gasteiger partial charge in [-0.05, 0) is 0 Å². The molecule has 2 radical (unpaired) electrons. The number of hydrogen-bond acceptors (Lipinski definition) is 1. The van der Waals surface area contributed by atoms with Crippen LogP contribution in [0.5, 0.6) is 0 Å². The SMILES string of the molecule is [Ce+3].[Gd+3].[O-2].[O-2].[O-2].[O]=[Ni]. The van der Waals surface area contributed by atoms with Gasteiger partial charge in [-0.15, -0.1) is 0 Å². The molecule has 0 aliphatic carbocycles. The topological polar surface area (TPSA) is 103 Å². The third-order valence-corrected chi connectivity index (χ3v) is 0. The van der Waals surface area contributed by atoms with E-state index >= 15 is 0 Å². The summed E-state index contributed by atoms with van der Waals surface area (Å²) in [5.74, 6) is 0. The molecule has 0 bridgehead atoms. The fourth-order valence-electron chi connectivity index (χ4n) is 0. The van der Waals surface area contributed by atoms with Gasteiger partial charge in [0.1, 0.15) is 0 Å². The summed E-state index contributed by atoms with van der Waals surface area (Å²) in [6.07, 6.45) is 0. The van der Waals surface area contributed by atoms with Crippen molar-refractivity contribution in [3.8, 4) is 0 Å². The van der Waals surface area contributed by atoms with E-state index in [-0.39, 0.29) is 98.1 Å². The third kappa shape index (κ3) is 50.8. The number of rotatable bonds is 0. The van der Waals surface area contributed by atoms with Gasteiger partial charge in [0.2, 0.25) is 0 Å². The van der Waals surface area contributed by atoms with E-state index in [0.717, 1.165) is 0 Å². The van der Waals surface area contributed by atoms with Gasteiger partial charge in [-0.2, -0.15) is 0 Å². The predicted octanol–water partition coefficient (Wildman–Crippen LogP) is -0.478. The van der Waals surface area contributed by atoms with Crippen molar-refractivity contribution < 1.29 is 117 Å². The summed E-state index contributed by atoms with van der Waals surface area (Å²) in [6, 6.07) is 0. The van der Waals surface area contributed by atoms with Crippen LogP contribution in [0.4, 0.5) is 0 Å². The average Bonchev–Trinajstić information content (AvgIpc) is 1.00. The first-order chi connectivity index (χ1) is 1.00. The van der Waals surface area contributed by atoms with Gasteiger partial charge in [-0.3, -0.25) is 0 Å². The molecule has 0 saturated heterocycles. The van der Waals surface area contributed by atoms with Crippen molar-refractivity contribution >= 4 is 0 Å². The summed E-state index contributed by atoms with van der Waals surface area (Å²) in [5, 5.41) is 0. The zero-order chi connectivity index (χ0) is 2.00. The van der Waals surface area contributed by atoms with Gasteiger partial charge in [0.15, 0.2) is 0 Å². The van der Waals surface area contributed by atoms with Crippen molar-refractivity contribution in [1.29, 1.82) is 0 Å². The molecule has 0 unspecified atom stereocenters. The molecule has 0 aliphatic rings. The van der Waals surface area contributed by atoms with E-state index in [0.29, 0.717) is 0 Å².